The predicted molar refractivity (Wildman–Crippen MR) is 86.6 cm³/mol. The van der Waals surface area contributed by atoms with Crippen molar-refractivity contribution in [2.24, 2.45) is 0 Å². The Morgan fingerprint density at radius 2 is 1.80 bits per heavy atom. The van der Waals surface area contributed by atoms with Gasteiger partial charge in [0.15, 0.2) is 0 Å². The first-order chi connectivity index (χ1) is 9.56. The molecule has 4 heteroatoms. The van der Waals surface area contributed by atoms with Gasteiger partial charge in [0.25, 0.3) is 0 Å². The van der Waals surface area contributed by atoms with E-state index < -0.39 is 0 Å². The molecular formula is C16H16ClNOS. The van der Waals surface area contributed by atoms with Crippen LogP contribution in [0.15, 0.2) is 53.4 Å². The molecule has 2 nitrogen and oxygen atoms in total. The number of aryl methyl sites for hydroxylation is 1. The minimum atomic E-state index is -0.212. The zero-order valence-electron chi connectivity index (χ0n) is 11.4. The number of anilines is 1. The van der Waals surface area contributed by atoms with E-state index >= 15 is 0 Å². The van der Waals surface area contributed by atoms with Crippen LogP contribution in [0.3, 0.4) is 0 Å². The van der Waals surface area contributed by atoms with Gasteiger partial charge in [0.1, 0.15) is 0 Å². The first-order valence-electron chi connectivity index (χ1n) is 6.35. The highest BCUT2D eigenvalue weighted by atomic mass is 35.5. The number of nitrogens with one attached hydrogen (secondary N) is 1. The summed E-state index contributed by atoms with van der Waals surface area (Å²) < 4.78 is 0. The van der Waals surface area contributed by atoms with Crippen LogP contribution in [0.4, 0.5) is 5.69 Å². The predicted octanol–water partition coefficient (Wildman–Crippen LogP) is 4.77. The lowest BCUT2D eigenvalue weighted by atomic mass is 10.2. The highest BCUT2D eigenvalue weighted by Gasteiger charge is 2.15. The van der Waals surface area contributed by atoms with E-state index in [1.54, 1.807) is 0 Å². The molecule has 0 aromatic heterocycles. The van der Waals surface area contributed by atoms with Crippen molar-refractivity contribution in [3.8, 4) is 0 Å². The number of hydrogen-bond donors (Lipinski definition) is 1. The number of carbonyl (C=O) groups is 1. The molecule has 0 radical (unpaired) electrons. The molecule has 2 rings (SSSR count). The van der Waals surface area contributed by atoms with Crippen molar-refractivity contribution in [3.63, 3.8) is 0 Å². The molecule has 0 heterocycles. The fourth-order valence-corrected chi connectivity index (χ4v) is 2.82. The highest BCUT2D eigenvalue weighted by Crippen LogP contribution is 2.30. The van der Waals surface area contributed by atoms with Gasteiger partial charge in [0.05, 0.1) is 10.3 Å². The van der Waals surface area contributed by atoms with Crippen LogP contribution in [0.25, 0.3) is 0 Å². The standard InChI is InChI=1S/C16H16ClNOS/c1-11-7-9-13(10-8-11)18-16(19)12(2)20-15-6-4-3-5-14(15)17/h3-10,12H,1-2H3,(H,18,19)/t12-/m0/s1. The van der Waals surface area contributed by atoms with Crippen molar-refractivity contribution in [2.45, 2.75) is 24.0 Å². The lowest BCUT2D eigenvalue weighted by Crippen LogP contribution is -2.22. The number of amides is 1. The van der Waals surface area contributed by atoms with Gasteiger partial charge in [0.2, 0.25) is 5.91 Å². The van der Waals surface area contributed by atoms with Gasteiger partial charge in [-0.3, -0.25) is 4.79 Å². The van der Waals surface area contributed by atoms with E-state index in [1.807, 2.05) is 62.4 Å². The molecule has 0 bridgehead atoms. The van der Waals surface area contributed by atoms with Gasteiger partial charge in [-0.15, -0.1) is 11.8 Å². The minimum absolute atomic E-state index is 0.0289. The molecule has 104 valence electrons. The third kappa shape index (κ3) is 4.02. The molecule has 1 atom stereocenters. The second-order valence-corrected chi connectivity index (χ2v) is 6.34. The summed E-state index contributed by atoms with van der Waals surface area (Å²) in [4.78, 5) is 13.1. The largest absolute Gasteiger partial charge is 0.325 e. The maximum absolute atomic E-state index is 12.1. The van der Waals surface area contributed by atoms with Crippen LogP contribution in [0.1, 0.15) is 12.5 Å². The van der Waals surface area contributed by atoms with E-state index in [-0.39, 0.29) is 11.2 Å². The Balaban J connectivity index is 1.99. The van der Waals surface area contributed by atoms with E-state index in [0.29, 0.717) is 5.02 Å². The number of benzene rings is 2. The molecule has 20 heavy (non-hydrogen) atoms. The zero-order valence-corrected chi connectivity index (χ0v) is 13.0. The number of rotatable bonds is 4. The number of carbonyl (C=O) groups excluding carboxylic acids is 1. The van der Waals surface area contributed by atoms with Crippen LogP contribution < -0.4 is 5.32 Å². The van der Waals surface area contributed by atoms with E-state index in [2.05, 4.69) is 5.32 Å². The second-order valence-electron chi connectivity index (χ2n) is 4.55. The van der Waals surface area contributed by atoms with Crippen LogP contribution in [0.2, 0.25) is 5.02 Å². The van der Waals surface area contributed by atoms with E-state index in [0.717, 1.165) is 10.6 Å². The molecule has 0 saturated heterocycles. The van der Waals surface area contributed by atoms with Gasteiger partial charge in [0, 0.05) is 10.6 Å². The monoisotopic (exact) mass is 305 g/mol. The van der Waals surface area contributed by atoms with Gasteiger partial charge < -0.3 is 5.32 Å². The Labute approximate surface area is 128 Å². The van der Waals surface area contributed by atoms with E-state index in [4.69, 9.17) is 11.6 Å². The maximum Gasteiger partial charge on any atom is 0.237 e. The minimum Gasteiger partial charge on any atom is -0.325 e. The third-order valence-electron chi connectivity index (χ3n) is 2.83. The molecule has 0 aliphatic heterocycles. The molecule has 0 saturated carbocycles. The highest BCUT2D eigenvalue weighted by molar-refractivity contribution is 8.00. The Bertz CT molecular complexity index is 598. The van der Waals surface area contributed by atoms with Crippen LogP contribution >= 0.6 is 23.4 Å². The van der Waals surface area contributed by atoms with Gasteiger partial charge in [-0.25, -0.2) is 0 Å². The Hall–Kier alpha value is -1.45. The quantitative estimate of drug-likeness (QED) is 0.825. The van der Waals surface area contributed by atoms with Crippen LogP contribution in [-0.4, -0.2) is 11.2 Å². The first-order valence-corrected chi connectivity index (χ1v) is 7.61. The summed E-state index contributed by atoms with van der Waals surface area (Å²) in [5.41, 5.74) is 1.98. The SMILES string of the molecule is Cc1ccc(NC(=O)[C@H](C)Sc2ccccc2Cl)cc1. The third-order valence-corrected chi connectivity index (χ3v) is 4.45. The second kappa shape index (κ2) is 6.82. The van der Waals surface area contributed by atoms with E-state index in [1.165, 1.54) is 17.3 Å². The van der Waals surface area contributed by atoms with Crippen molar-refractivity contribution in [1.29, 1.82) is 0 Å². The van der Waals surface area contributed by atoms with Crippen LogP contribution in [0, 0.1) is 6.92 Å². The molecule has 0 aliphatic rings. The van der Waals surface area contributed by atoms with Gasteiger partial charge in [-0.1, -0.05) is 41.4 Å². The number of thioether (sulfide) groups is 1. The summed E-state index contributed by atoms with van der Waals surface area (Å²) in [5.74, 6) is -0.0289. The van der Waals surface area contributed by atoms with Crippen LogP contribution in [-0.2, 0) is 4.79 Å². The normalized spacial score (nSPS) is 11.9. The summed E-state index contributed by atoms with van der Waals surface area (Å²) in [6.45, 7) is 3.89. The Kier molecular flexibility index (Phi) is 5.10. The molecule has 2 aromatic carbocycles. The summed E-state index contributed by atoms with van der Waals surface area (Å²) in [7, 11) is 0. The molecule has 0 fully saturated rings. The van der Waals surface area contributed by atoms with Gasteiger partial charge >= 0.3 is 0 Å². The van der Waals surface area contributed by atoms with Gasteiger partial charge in [-0.05, 0) is 38.1 Å². The molecule has 0 unspecified atom stereocenters. The summed E-state index contributed by atoms with van der Waals surface area (Å²) in [6.07, 6.45) is 0. The van der Waals surface area contributed by atoms with E-state index in [9.17, 15) is 4.79 Å². The maximum atomic E-state index is 12.1. The molecule has 1 N–H and O–H groups in total. The number of halogens is 1. The summed E-state index contributed by atoms with van der Waals surface area (Å²) >= 11 is 7.55. The van der Waals surface area contributed by atoms with Crippen molar-refractivity contribution < 1.29 is 4.79 Å². The van der Waals surface area contributed by atoms with Crippen LogP contribution in [0.5, 0.6) is 0 Å². The van der Waals surface area contributed by atoms with Crippen molar-refractivity contribution in [2.75, 3.05) is 5.32 Å². The fourth-order valence-electron chi connectivity index (χ4n) is 1.67. The Morgan fingerprint density at radius 1 is 1.15 bits per heavy atom. The summed E-state index contributed by atoms with van der Waals surface area (Å²) in [5, 5.41) is 3.37. The van der Waals surface area contributed by atoms with Crippen molar-refractivity contribution >= 4 is 35.0 Å². The molecule has 0 spiro atoms. The smallest absolute Gasteiger partial charge is 0.237 e. The topological polar surface area (TPSA) is 29.1 Å². The van der Waals surface area contributed by atoms with Gasteiger partial charge in [-0.2, -0.15) is 0 Å². The molecule has 2 aromatic rings. The lowest BCUT2D eigenvalue weighted by Gasteiger charge is -2.13. The summed E-state index contributed by atoms with van der Waals surface area (Å²) in [6, 6.07) is 15.3. The average Bonchev–Trinajstić information content (AvgIpc) is 2.44. The fraction of sp³-hybridized carbons (Fsp3) is 0.188. The van der Waals surface area contributed by atoms with Crippen molar-refractivity contribution in [1.82, 2.24) is 0 Å². The average molecular weight is 306 g/mol. The lowest BCUT2D eigenvalue weighted by molar-refractivity contribution is -0.115. The Morgan fingerprint density at radius 3 is 2.45 bits per heavy atom. The molecule has 1 amide bonds. The first kappa shape index (κ1) is 14.9. The molecule has 0 aliphatic carbocycles. The van der Waals surface area contributed by atoms with Crippen molar-refractivity contribution in [3.05, 3.63) is 59.1 Å². The number of hydrogen-bond acceptors (Lipinski definition) is 2. The zero-order chi connectivity index (χ0) is 14.5. The molecular weight excluding hydrogens is 290 g/mol.